The monoisotopic (exact) mass is 253 g/mol. The van der Waals surface area contributed by atoms with Gasteiger partial charge >= 0.3 is 0 Å². The first-order chi connectivity index (χ1) is 8.61. The van der Waals surface area contributed by atoms with Crippen molar-refractivity contribution in [3.05, 3.63) is 0 Å². The molecule has 2 rings (SSSR count). The van der Waals surface area contributed by atoms with Crippen LogP contribution >= 0.6 is 0 Å². The number of hydrogen-bond donors (Lipinski definition) is 1. The number of nitrogens with one attached hydrogen (secondary N) is 1. The van der Waals surface area contributed by atoms with Gasteiger partial charge in [0.15, 0.2) is 0 Å². The van der Waals surface area contributed by atoms with Crippen LogP contribution in [0.2, 0.25) is 0 Å². The third-order valence-corrected chi connectivity index (χ3v) is 4.45. The quantitative estimate of drug-likeness (QED) is 0.817. The van der Waals surface area contributed by atoms with Gasteiger partial charge in [0.1, 0.15) is 0 Å². The van der Waals surface area contributed by atoms with Gasteiger partial charge in [-0.15, -0.1) is 0 Å². The first kappa shape index (κ1) is 13.8. The SMILES string of the molecule is CC(C(=O)N(C)C)N1CCCCC1C1CCCN1. The molecule has 0 aromatic rings. The molecule has 104 valence electrons. The summed E-state index contributed by atoms with van der Waals surface area (Å²) >= 11 is 0. The number of likely N-dealkylation sites (tertiary alicyclic amines) is 1. The summed E-state index contributed by atoms with van der Waals surface area (Å²) in [5.41, 5.74) is 0. The Labute approximate surface area is 111 Å². The smallest absolute Gasteiger partial charge is 0.239 e. The maximum atomic E-state index is 12.2. The maximum absolute atomic E-state index is 12.2. The summed E-state index contributed by atoms with van der Waals surface area (Å²) in [4.78, 5) is 16.3. The number of rotatable bonds is 3. The fourth-order valence-corrected chi connectivity index (χ4v) is 3.45. The Kier molecular flexibility index (Phi) is 4.62. The third kappa shape index (κ3) is 2.86. The van der Waals surface area contributed by atoms with Gasteiger partial charge in [-0.1, -0.05) is 6.42 Å². The van der Waals surface area contributed by atoms with Crippen LogP contribution in [-0.4, -0.2) is 61.0 Å². The summed E-state index contributed by atoms with van der Waals surface area (Å²) in [7, 11) is 3.71. The van der Waals surface area contributed by atoms with Crippen molar-refractivity contribution < 1.29 is 4.79 Å². The lowest BCUT2D eigenvalue weighted by Crippen LogP contribution is -2.57. The number of likely N-dealkylation sites (N-methyl/N-ethyl adjacent to an activating group) is 1. The normalized spacial score (nSPS) is 31.3. The van der Waals surface area contributed by atoms with E-state index in [2.05, 4.69) is 17.1 Å². The first-order valence-corrected chi connectivity index (χ1v) is 7.31. The molecule has 1 N–H and O–H groups in total. The van der Waals surface area contributed by atoms with Crippen LogP contribution in [0, 0.1) is 0 Å². The number of nitrogens with zero attached hydrogens (tertiary/aromatic N) is 2. The van der Waals surface area contributed by atoms with E-state index in [1.807, 2.05) is 14.1 Å². The number of piperidine rings is 1. The van der Waals surface area contributed by atoms with Crippen LogP contribution in [0.15, 0.2) is 0 Å². The zero-order chi connectivity index (χ0) is 13.1. The van der Waals surface area contributed by atoms with Crippen LogP contribution in [0.4, 0.5) is 0 Å². The molecule has 3 atom stereocenters. The molecule has 0 aromatic carbocycles. The van der Waals surface area contributed by atoms with Gasteiger partial charge in [-0.25, -0.2) is 0 Å². The topological polar surface area (TPSA) is 35.6 Å². The first-order valence-electron chi connectivity index (χ1n) is 7.31. The molecule has 0 saturated carbocycles. The van der Waals surface area contributed by atoms with Gasteiger partial charge < -0.3 is 10.2 Å². The number of amides is 1. The molecule has 1 amide bonds. The Balaban J connectivity index is 2.04. The Bertz CT molecular complexity index is 287. The molecule has 2 aliphatic rings. The van der Waals surface area contributed by atoms with Crippen molar-refractivity contribution in [1.82, 2.24) is 15.1 Å². The number of carbonyl (C=O) groups excluding carboxylic acids is 1. The second-order valence-electron chi connectivity index (χ2n) is 5.91. The van der Waals surface area contributed by atoms with Crippen LogP contribution in [0.25, 0.3) is 0 Å². The summed E-state index contributed by atoms with van der Waals surface area (Å²) in [6, 6.07) is 1.18. The summed E-state index contributed by atoms with van der Waals surface area (Å²) < 4.78 is 0. The Morgan fingerprint density at radius 2 is 2.06 bits per heavy atom. The lowest BCUT2D eigenvalue weighted by Gasteiger charge is -2.42. The van der Waals surface area contributed by atoms with Crippen molar-refractivity contribution in [3.8, 4) is 0 Å². The molecule has 4 nitrogen and oxygen atoms in total. The van der Waals surface area contributed by atoms with E-state index < -0.39 is 0 Å². The summed E-state index contributed by atoms with van der Waals surface area (Å²) in [5.74, 6) is 0.236. The fraction of sp³-hybridized carbons (Fsp3) is 0.929. The molecule has 2 heterocycles. The van der Waals surface area contributed by atoms with Crippen molar-refractivity contribution in [2.24, 2.45) is 0 Å². The molecular formula is C14H27N3O. The third-order valence-electron chi connectivity index (χ3n) is 4.45. The van der Waals surface area contributed by atoms with Crippen LogP contribution in [0.5, 0.6) is 0 Å². The van der Waals surface area contributed by atoms with Crippen LogP contribution in [-0.2, 0) is 4.79 Å². The van der Waals surface area contributed by atoms with E-state index in [9.17, 15) is 4.79 Å². The van der Waals surface area contributed by atoms with E-state index in [4.69, 9.17) is 0 Å². The summed E-state index contributed by atoms with van der Waals surface area (Å²) in [5, 5.41) is 3.61. The van der Waals surface area contributed by atoms with E-state index in [0.717, 1.165) is 13.1 Å². The molecule has 2 saturated heterocycles. The van der Waals surface area contributed by atoms with Gasteiger partial charge in [0.2, 0.25) is 5.91 Å². The van der Waals surface area contributed by atoms with E-state index in [1.54, 1.807) is 4.90 Å². The minimum Gasteiger partial charge on any atom is -0.347 e. The van der Waals surface area contributed by atoms with E-state index in [0.29, 0.717) is 12.1 Å². The average molecular weight is 253 g/mol. The van der Waals surface area contributed by atoms with Gasteiger partial charge in [-0.05, 0) is 45.7 Å². The van der Waals surface area contributed by atoms with Gasteiger partial charge in [0.05, 0.1) is 6.04 Å². The van der Waals surface area contributed by atoms with Crippen molar-refractivity contribution >= 4 is 5.91 Å². The standard InChI is InChI=1S/C14H27N3O/c1-11(14(18)16(2)3)17-10-5-4-8-13(17)12-7-6-9-15-12/h11-13,15H,4-10H2,1-3H3. The second kappa shape index (κ2) is 6.02. The van der Waals surface area contributed by atoms with Gasteiger partial charge in [0.25, 0.3) is 0 Å². The molecule has 18 heavy (non-hydrogen) atoms. The fourth-order valence-electron chi connectivity index (χ4n) is 3.45. The Hall–Kier alpha value is -0.610. The van der Waals surface area contributed by atoms with Crippen LogP contribution in [0.3, 0.4) is 0 Å². The number of hydrogen-bond acceptors (Lipinski definition) is 3. The van der Waals surface area contributed by atoms with Gasteiger partial charge in [0, 0.05) is 26.2 Å². The molecule has 0 aliphatic carbocycles. The van der Waals surface area contributed by atoms with Gasteiger partial charge in [-0.3, -0.25) is 9.69 Å². The predicted octanol–water partition coefficient (Wildman–Crippen LogP) is 1.07. The van der Waals surface area contributed by atoms with E-state index >= 15 is 0 Å². The highest BCUT2D eigenvalue weighted by atomic mass is 16.2. The van der Waals surface area contributed by atoms with E-state index in [-0.39, 0.29) is 11.9 Å². The van der Waals surface area contributed by atoms with Crippen molar-refractivity contribution in [3.63, 3.8) is 0 Å². The zero-order valence-corrected chi connectivity index (χ0v) is 12.0. The highest BCUT2D eigenvalue weighted by Crippen LogP contribution is 2.26. The average Bonchev–Trinajstić information content (AvgIpc) is 2.90. The predicted molar refractivity (Wildman–Crippen MR) is 73.5 cm³/mol. The highest BCUT2D eigenvalue weighted by Gasteiger charge is 2.36. The minimum atomic E-state index is 0.0210. The summed E-state index contributed by atoms with van der Waals surface area (Å²) in [6.07, 6.45) is 6.33. The minimum absolute atomic E-state index is 0.0210. The molecule has 2 aliphatic heterocycles. The van der Waals surface area contributed by atoms with Gasteiger partial charge in [-0.2, -0.15) is 0 Å². The van der Waals surface area contributed by atoms with Crippen molar-refractivity contribution in [1.29, 1.82) is 0 Å². The van der Waals surface area contributed by atoms with Crippen LogP contribution in [0.1, 0.15) is 39.0 Å². The molecule has 0 aromatic heterocycles. The molecule has 0 radical (unpaired) electrons. The molecule has 0 bridgehead atoms. The lowest BCUT2D eigenvalue weighted by atomic mass is 9.93. The van der Waals surface area contributed by atoms with Crippen LogP contribution < -0.4 is 5.32 Å². The Morgan fingerprint density at radius 1 is 1.28 bits per heavy atom. The maximum Gasteiger partial charge on any atom is 0.239 e. The molecular weight excluding hydrogens is 226 g/mol. The number of carbonyl (C=O) groups is 1. The zero-order valence-electron chi connectivity index (χ0n) is 12.0. The molecule has 4 heteroatoms. The molecule has 3 unspecified atom stereocenters. The van der Waals surface area contributed by atoms with Crippen molar-refractivity contribution in [2.75, 3.05) is 27.2 Å². The molecule has 2 fully saturated rings. The molecule has 0 spiro atoms. The van der Waals surface area contributed by atoms with E-state index in [1.165, 1.54) is 32.1 Å². The Morgan fingerprint density at radius 3 is 2.67 bits per heavy atom. The summed E-state index contributed by atoms with van der Waals surface area (Å²) in [6.45, 7) is 4.28. The van der Waals surface area contributed by atoms with Crippen molar-refractivity contribution in [2.45, 2.75) is 57.2 Å². The highest BCUT2D eigenvalue weighted by molar-refractivity contribution is 5.81. The largest absolute Gasteiger partial charge is 0.347 e. The lowest BCUT2D eigenvalue weighted by molar-refractivity contribution is -0.135. The second-order valence-corrected chi connectivity index (χ2v) is 5.91.